The highest BCUT2D eigenvalue weighted by atomic mass is 35.5. The smallest absolute Gasteiger partial charge is 0.123 e. The van der Waals surface area contributed by atoms with Crippen LogP contribution in [0.4, 0.5) is 4.39 Å². The van der Waals surface area contributed by atoms with Gasteiger partial charge in [-0.25, -0.2) is 4.39 Å². The lowest BCUT2D eigenvalue weighted by atomic mass is 10.2. The van der Waals surface area contributed by atoms with Crippen LogP contribution < -0.4 is 0 Å². The zero-order valence-corrected chi connectivity index (χ0v) is 6.86. The summed E-state index contributed by atoms with van der Waals surface area (Å²) in [6.45, 7) is 0.344. The molecule has 0 spiro atoms. The Kier molecular flexibility index (Phi) is 2.85. The molecule has 0 amide bonds. The Morgan fingerprint density at radius 1 is 1.55 bits per heavy atom. The molecule has 0 aliphatic carbocycles. The van der Waals surface area contributed by atoms with Crippen molar-refractivity contribution in [2.24, 2.45) is 0 Å². The molecule has 0 heterocycles. The van der Waals surface area contributed by atoms with Crippen molar-refractivity contribution in [1.82, 2.24) is 0 Å². The first-order valence-corrected chi connectivity index (χ1v) is 3.54. The van der Waals surface area contributed by atoms with Crippen LogP contribution in [0, 0.1) is 5.82 Å². The first-order chi connectivity index (χ1) is 5.24. The van der Waals surface area contributed by atoms with Crippen LogP contribution in [0.25, 0.3) is 0 Å². The second-order valence-corrected chi connectivity index (χ2v) is 2.58. The van der Waals surface area contributed by atoms with Gasteiger partial charge in [-0.15, -0.1) is 0 Å². The maximum Gasteiger partial charge on any atom is 0.123 e. The minimum absolute atomic E-state index is 0.290. The van der Waals surface area contributed by atoms with Crippen LogP contribution >= 0.6 is 11.6 Å². The molecule has 0 aromatic heterocycles. The molecule has 1 nitrogen and oxygen atoms in total. The Morgan fingerprint density at radius 3 is 2.91 bits per heavy atom. The van der Waals surface area contributed by atoms with Crippen molar-refractivity contribution in [3.8, 4) is 0 Å². The molecule has 1 rings (SSSR count). The van der Waals surface area contributed by atoms with Gasteiger partial charge in [-0.05, 0) is 23.8 Å². The normalized spacial score (nSPS) is 10.1. The molecule has 11 heavy (non-hydrogen) atoms. The quantitative estimate of drug-likeness (QED) is 0.670. The number of benzene rings is 1. The van der Waals surface area contributed by atoms with Crippen LogP contribution in [0.5, 0.6) is 0 Å². The van der Waals surface area contributed by atoms with Gasteiger partial charge in [0, 0.05) is 12.1 Å². The van der Waals surface area contributed by atoms with Gasteiger partial charge in [-0.3, -0.25) is 0 Å². The first-order valence-electron chi connectivity index (χ1n) is 3.17. The number of hydrogen-bond donors (Lipinski definition) is 0. The monoisotopic (exact) mass is 174 g/mol. The van der Waals surface area contributed by atoms with Gasteiger partial charge >= 0.3 is 0 Å². The minimum Gasteiger partial charge on any atom is -0.380 e. The van der Waals surface area contributed by atoms with Crippen molar-refractivity contribution in [3.05, 3.63) is 34.6 Å². The highest BCUT2D eigenvalue weighted by molar-refractivity contribution is 6.31. The number of hydrogen-bond acceptors (Lipinski definition) is 1. The Bertz CT molecular complexity index is 250. The Hall–Kier alpha value is -0.600. The van der Waals surface area contributed by atoms with E-state index in [4.69, 9.17) is 16.3 Å². The molecule has 0 saturated carbocycles. The molecule has 0 unspecified atom stereocenters. The predicted molar refractivity (Wildman–Crippen MR) is 42.1 cm³/mol. The zero-order valence-electron chi connectivity index (χ0n) is 6.10. The van der Waals surface area contributed by atoms with Gasteiger partial charge in [0.05, 0.1) is 6.61 Å². The van der Waals surface area contributed by atoms with E-state index in [1.807, 2.05) is 0 Å². The molecule has 0 atom stereocenters. The third-order valence-corrected chi connectivity index (χ3v) is 1.68. The van der Waals surface area contributed by atoms with Crippen LogP contribution in [0.3, 0.4) is 0 Å². The van der Waals surface area contributed by atoms with Gasteiger partial charge < -0.3 is 4.74 Å². The summed E-state index contributed by atoms with van der Waals surface area (Å²) in [6, 6.07) is 4.21. The van der Waals surface area contributed by atoms with Crippen molar-refractivity contribution in [2.45, 2.75) is 6.61 Å². The molecule has 0 aliphatic heterocycles. The highest BCUT2D eigenvalue weighted by Crippen LogP contribution is 2.17. The number of halogens is 2. The summed E-state index contributed by atoms with van der Waals surface area (Å²) < 4.78 is 17.4. The summed E-state index contributed by atoms with van der Waals surface area (Å²) in [5.41, 5.74) is 0.675. The molecule has 0 bridgehead atoms. The van der Waals surface area contributed by atoms with E-state index in [2.05, 4.69) is 0 Å². The number of methoxy groups -OCH3 is 1. The van der Waals surface area contributed by atoms with E-state index >= 15 is 0 Å². The van der Waals surface area contributed by atoms with E-state index in [1.54, 1.807) is 7.11 Å². The lowest BCUT2D eigenvalue weighted by Gasteiger charge is -2.01. The second-order valence-electron chi connectivity index (χ2n) is 2.17. The molecule has 60 valence electrons. The molecule has 1 aromatic rings. The summed E-state index contributed by atoms with van der Waals surface area (Å²) in [6.07, 6.45) is 0. The highest BCUT2D eigenvalue weighted by Gasteiger charge is 2.00. The topological polar surface area (TPSA) is 9.23 Å². The molecular weight excluding hydrogens is 167 g/mol. The SMILES string of the molecule is COCc1cc(F)ccc1Cl. The van der Waals surface area contributed by atoms with E-state index in [9.17, 15) is 4.39 Å². The molecular formula is C8H8ClFO. The van der Waals surface area contributed by atoms with Gasteiger partial charge in [-0.2, -0.15) is 0 Å². The van der Waals surface area contributed by atoms with Crippen molar-refractivity contribution in [3.63, 3.8) is 0 Å². The molecule has 0 radical (unpaired) electrons. The third kappa shape index (κ3) is 2.17. The minimum atomic E-state index is -0.290. The molecule has 0 saturated heterocycles. The molecule has 0 aliphatic rings. The Labute approximate surface area is 69.7 Å². The van der Waals surface area contributed by atoms with Gasteiger partial charge in [-0.1, -0.05) is 11.6 Å². The van der Waals surface area contributed by atoms with Crippen LogP contribution in [0.15, 0.2) is 18.2 Å². The maximum absolute atomic E-state index is 12.6. The first kappa shape index (κ1) is 8.50. The largest absolute Gasteiger partial charge is 0.380 e. The maximum atomic E-state index is 12.6. The molecule has 0 fully saturated rings. The van der Waals surface area contributed by atoms with Gasteiger partial charge in [0.2, 0.25) is 0 Å². The number of ether oxygens (including phenoxy) is 1. The van der Waals surface area contributed by atoms with Crippen LogP contribution in [0.1, 0.15) is 5.56 Å². The number of rotatable bonds is 2. The summed E-state index contributed by atoms with van der Waals surface area (Å²) >= 11 is 5.73. The lowest BCUT2D eigenvalue weighted by molar-refractivity contribution is 0.184. The third-order valence-electron chi connectivity index (χ3n) is 1.31. The van der Waals surface area contributed by atoms with E-state index in [-0.39, 0.29) is 5.82 Å². The van der Waals surface area contributed by atoms with E-state index < -0.39 is 0 Å². The van der Waals surface area contributed by atoms with Crippen molar-refractivity contribution >= 4 is 11.6 Å². The lowest BCUT2D eigenvalue weighted by Crippen LogP contribution is -1.89. The van der Waals surface area contributed by atoms with Crippen molar-refractivity contribution in [2.75, 3.05) is 7.11 Å². The van der Waals surface area contributed by atoms with E-state index in [0.29, 0.717) is 17.2 Å². The zero-order chi connectivity index (χ0) is 8.27. The van der Waals surface area contributed by atoms with E-state index in [1.165, 1.54) is 18.2 Å². The second kappa shape index (κ2) is 3.69. The molecule has 3 heteroatoms. The summed E-state index contributed by atoms with van der Waals surface area (Å²) in [4.78, 5) is 0. The average Bonchev–Trinajstić information content (AvgIpc) is 1.98. The van der Waals surface area contributed by atoms with Gasteiger partial charge in [0.25, 0.3) is 0 Å². The van der Waals surface area contributed by atoms with E-state index in [0.717, 1.165) is 0 Å². The summed E-state index contributed by atoms with van der Waals surface area (Å²) in [7, 11) is 1.54. The predicted octanol–water partition coefficient (Wildman–Crippen LogP) is 2.63. The Balaban J connectivity index is 2.93. The summed E-state index contributed by atoms with van der Waals surface area (Å²) in [5, 5.41) is 0.535. The van der Waals surface area contributed by atoms with Crippen LogP contribution in [-0.2, 0) is 11.3 Å². The van der Waals surface area contributed by atoms with Gasteiger partial charge in [0.15, 0.2) is 0 Å². The van der Waals surface area contributed by atoms with Gasteiger partial charge in [0.1, 0.15) is 5.82 Å². The van der Waals surface area contributed by atoms with Crippen molar-refractivity contribution < 1.29 is 9.13 Å². The fraction of sp³-hybridized carbons (Fsp3) is 0.250. The molecule has 0 N–H and O–H groups in total. The van der Waals surface area contributed by atoms with Crippen LogP contribution in [0.2, 0.25) is 5.02 Å². The standard InChI is InChI=1S/C8H8ClFO/c1-11-5-6-4-7(10)2-3-8(6)9/h2-4H,5H2,1H3. The summed E-state index contributed by atoms with van der Waals surface area (Å²) in [5.74, 6) is -0.290. The van der Waals surface area contributed by atoms with Crippen molar-refractivity contribution in [1.29, 1.82) is 0 Å². The fourth-order valence-corrected chi connectivity index (χ4v) is 0.982. The fourth-order valence-electron chi connectivity index (χ4n) is 0.809. The van der Waals surface area contributed by atoms with Crippen LogP contribution in [-0.4, -0.2) is 7.11 Å². The molecule has 1 aromatic carbocycles. The Morgan fingerprint density at radius 2 is 2.27 bits per heavy atom. The average molecular weight is 175 g/mol.